The van der Waals surface area contributed by atoms with Crippen molar-refractivity contribution in [2.75, 3.05) is 0 Å². The van der Waals surface area contributed by atoms with Gasteiger partial charge in [-0.25, -0.2) is 0 Å². The van der Waals surface area contributed by atoms with Crippen molar-refractivity contribution >= 4 is 0 Å². The minimum atomic E-state index is 0.489. The average Bonchev–Trinajstić information content (AvgIpc) is 3.27. The van der Waals surface area contributed by atoms with E-state index in [-0.39, 0.29) is 0 Å². The molecular formula is C18H22N2. The SMILES string of the molecule is Cc1ccc(C(NCc2ccncc2C)C2CC2)cc1. The number of nitrogens with zero attached hydrogens (tertiary/aromatic N) is 1. The lowest BCUT2D eigenvalue weighted by Crippen LogP contribution is -2.23. The Labute approximate surface area is 121 Å². The third-order valence-electron chi connectivity index (χ3n) is 4.18. The van der Waals surface area contributed by atoms with E-state index in [1.54, 1.807) is 0 Å². The van der Waals surface area contributed by atoms with Gasteiger partial charge in [-0.15, -0.1) is 0 Å². The van der Waals surface area contributed by atoms with E-state index >= 15 is 0 Å². The first-order chi connectivity index (χ1) is 9.74. The summed E-state index contributed by atoms with van der Waals surface area (Å²) in [6.45, 7) is 5.19. The van der Waals surface area contributed by atoms with E-state index in [4.69, 9.17) is 0 Å². The zero-order valence-electron chi connectivity index (χ0n) is 12.3. The van der Waals surface area contributed by atoms with E-state index in [2.05, 4.69) is 54.5 Å². The minimum Gasteiger partial charge on any atom is -0.306 e. The van der Waals surface area contributed by atoms with Crippen LogP contribution >= 0.6 is 0 Å². The maximum absolute atomic E-state index is 4.16. The smallest absolute Gasteiger partial charge is 0.0351 e. The van der Waals surface area contributed by atoms with Crippen LogP contribution in [0, 0.1) is 19.8 Å². The molecule has 0 radical (unpaired) electrons. The number of aromatic nitrogens is 1. The fourth-order valence-electron chi connectivity index (χ4n) is 2.68. The van der Waals surface area contributed by atoms with Crippen molar-refractivity contribution in [1.29, 1.82) is 0 Å². The summed E-state index contributed by atoms with van der Waals surface area (Å²) in [4.78, 5) is 4.16. The summed E-state index contributed by atoms with van der Waals surface area (Å²) in [6.07, 6.45) is 6.51. The molecule has 1 atom stereocenters. The highest BCUT2D eigenvalue weighted by molar-refractivity contribution is 5.27. The van der Waals surface area contributed by atoms with Gasteiger partial charge in [0.15, 0.2) is 0 Å². The quantitative estimate of drug-likeness (QED) is 0.886. The van der Waals surface area contributed by atoms with E-state index in [1.165, 1.54) is 35.1 Å². The molecule has 1 N–H and O–H groups in total. The van der Waals surface area contributed by atoms with Gasteiger partial charge in [0.05, 0.1) is 0 Å². The first kappa shape index (κ1) is 13.3. The highest BCUT2D eigenvalue weighted by Crippen LogP contribution is 2.41. The monoisotopic (exact) mass is 266 g/mol. The van der Waals surface area contributed by atoms with Crippen LogP contribution in [0.5, 0.6) is 0 Å². The average molecular weight is 266 g/mol. The van der Waals surface area contributed by atoms with Gasteiger partial charge in [0.25, 0.3) is 0 Å². The standard InChI is InChI=1S/C18H22N2/c1-13-3-5-15(6-4-13)18(16-7-8-16)20-12-17-9-10-19-11-14(17)2/h3-6,9-11,16,18,20H,7-8,12H2,1-2H3. The molecule has 3 rings (SSSR count). The van der Waals surface area contributed by atoms with Gasteiger partial charge >= 0.3 is 0 Å². The Kier molecular flexibility index (Phi) is 3.83. The maximum atomic E-state index is 4.16. The molecule has 2 aromatic rings. The Morgan fingerprint density at radius 3 is 2.55 bits per heavy atom. The molecule has 1 aromatic heterocycles. The molecule has 1 saturated carbocycles. The molecule has 104 valence electrons. The minimum absolute atomic E-state index is 0.489. The van der Waals surface area contributed by atoms with Crippen LogP contribution in [-0.2, 0) is 6.54 Å². The number of hydrogen-bond donors (Lipinski definition) is 1. The second kappa shape index (κ2) is 5.76. The lowest BCUT2D eigenvalue weighted by atomic mass is 10.0. The van der Waals surface area contributed by atoms with Gasteiger partial charge in [-0.3, -0.25) is 4.98 Å². The van der Waals surface area contributed by atoms with Gasteiger partial charge in [0.1, 0.15) is 0 Å². The van der Waals surface area contributed by atoms with Crippen LogP contribution in [0.4, 0.5) is 0 Å². The summed E-state index contributed by atoms with van der Waals surface area (Å²) in [5.74, 6) is 0.805. The van der Waals surface area contributed by atoms with E-state index in [1.807, 2.05) is 12.4 Å². The van der Waals surface area contributed by atoms with Crippen molar-refractivity contribution in [3.05, 3.63) is 65.0 Å². The van der Waals surface area contributed by atoms with Crippen molar-refractivity contribution in [2.24, 2.45) is 5.92 Å². The van der Waals surface area contributed by atoms with Crippen LogP contribution in [0.1, 0.15) is 41.1 Å². The van der Waals surface area contributed by atoms with Crippen LogP contribution in [0.15, 0.2) is 42.7 Å². The van der Waals surface area contributed by atoms with Crippen molar-refractivity contribution in [1.82, 2.24) is 10.3 Å². The van der Waals surface area contributed by atoms with Crippen LogP contribution in [0.2, 0.25) is 0 Å². The van der Waals surface area contributed by atoms with Gasteiger partial charge in [0.2, 0.25) is 0 Å². The van der Waals surface area contributed by atoms with E-state index in [9.17, 15) is 0 Å². The summed E-state index contributed by atoms with van der Waals surface area (Å²) < 4.78 is 0. The summed E-state index contributed by atoms with van der Waals surface area (Å²) >= 11 is 0. The molecule has 1 aliphatic rings. The van der Waals surface area contributed by atoms with Crippen LogP contribution in [0.25, 0.3) is 0 Å². The first-order valence-electron chi connectivity index (χ1n) is 7.43. The van der Waals surface area contributed by atoms with Crippen LogP contribution < -0.4 is 5.32 Å². The number of pyridine rings is 1. The van der Waals surface area contributed by atoms with Crippen molar-refractivity contribution in [3.63, 3.8) is 0 Å². The zero-order chi connectivity index (χ0) is 13.9. The van der Waals surface area contributed by atoms with E-state index in [0.29, 0.717) is 6.04 Å². The van der Waals surface area contributed by atoms with Crippen molar-refractivity contribution in [3.8, 4) is 0 Å². The topological polar surface area (TPSA) is 24.9 Å². The summed E-state index contributed by atoms with van der Waals surface area (Å²) in [5.41, 5.74) is 5.36. The molecule has 0 bridgehead atoms. The van der Waals surface area contributed by atoms with Crippen molar-refractivity contribution in [2.45, 2.75) is 39.3 Å². The molecule has 0 saturated heterocycles. The number of rotatable bonds is 5. The van der Waals surface area contributed by atoms with E-state index in [0.717, 1.165) is 12.5 Å². The predicted octanol–water partition coefficient (Wildman–Crippen LogP) is 3.94. The molecule has 1 heterocycles. The molecule has 1 aromatic carbocycles. The Balaban J connectivity index is 1.72. The normalized spacial score (nSPS) is 16.1. The molecule has 0 aliphatic heterocycles. The second-order valence-electron chi connectivity index (χ2n) is 5.91. The lowest BCUT2D eigenvalue weighted by Gasteiger charge is -2.19. The zero-order valence-corrected chi connectivity index (χ0v) is 12.3. The summed E-state index contributed by atoms with van der Waals surface area (Å²) in [6, 6.07) is 11.6. The Morgan fingerprint density at radius 1 is 1.15 bits per heavy atom. The van der Waals surface area contributed by atoms with Crippen LogP contribution in [-0.4, -0.2) is 4.98 Å². The fourth-order valence-corrected chi connectivity index (χ4v) is 2.68. The predicted molar refractivity (Wildman–Crippen MR) is 82.5 cm³/mol. The number of hydrogen-bond acceptors (Lipinski definition) is 2. The Bertz CT molecular complexity index is 570. The highest BCUT2D eigenvalue weighted by Gasteiger charge is 2.31. The molecule has 1 aliphatic carbocycles. The van der Waals surface area contributed by atoms with Gasteiger partial charge in [-0.2, -0.15) is 0 Å². The first-order valence-corrected chi connectivity index (χ1v) is 7.43. The molecule has 1 fully saturated rings. The molecule has 1 unspecified atom stereocenters. The van der Waals surface area contributed by atoms with Gasteiger partial charge in [-0.1, -0.05) is 29.8 Å². The van der Waals surface area contributed by atoms with E-state index < -0.39 is 0 Å². The molecule has 2 heteroatoms. The highest BCUT2D eigenvalue weighted by atomic mass is 14.9. The number of benzene rings is 1. The van der Waals surface area contributed by atoms with Gasteiger partial charge < -0.3 is 5.32 Å². The third-order valence-corrected chi connectivity index (χ3v) is 4.18. The number of aryl methyl sites for hydroxylation is 2. The molecule has 0 amide bonds. The van der Waals surface area contributed by atoms with Gasteiger partial charge in [-0.05, 0) is 55.4 Å². The lowest BCUT2D eigenvalue weighted by molar-refractivity contribution is 0.479. The third kappa shape index (κ3) is 3.07. The molecule has 2 nitrogen and oxygen atoms in total. The van der Waals surface area contributed by atoms with Crippen molar-refractivity contribution < 1.29 is 0 Å². The number of nitrogens with one attached hydrogen (secondary N) is 1. The van der Waals surface area contributed by atoms with Crippen LogP contribution in [0.3, 0.4) is 0 Å². The summed E-state index contributed by atoms with van der Waals surface area (Å²) in [7, 11) is 0. The maximum Gasteiger partial charge on any atom is 0.0351 e. The second-order valence-corrected chi connectivity index (χ2v) is 5.91. The molecular weight excluding hydrogens is 244 g/mol. The molecule has 0 spiro atoms. The fraction of sp³-hybridized carbons (Fsp3) is 0.389. The molecule has 20 heavy (non-hydrogen) atoms. The largest absolute Gasteiger partial charge is 0.306 e. The van der Waals surface area contributed by atoms with Gasteiger partial charge in [0, 0.05) is 25.0 Å². The Hall–Kier alpha value is -1.67. The summed E-state index contributed by atoms with van der Waals surface area (Å²) in [5, 5.41) is 3.75. The Morgan fingerprint density at radius 2 is 1.90 bits per heavy atom.